The fourth-order valence-corrected chi connectivity index (χ4v) is 3.01. The second kappa shape index (κ2) is 4.59. The van der Waals surface area contributed by atoms with Crippen LogP contribution < -0.4 is 0 Å². The summed E-state index contributed by atoms with van der Waals surface area (Å²) in [6.07, 6.45) is 2.59. The molecule has 1 N–H and O–H groups in total. The maximum absolute atomic E-state index is 11.7. The van der Waals surface area contributed by atoms with Crippen LogP contribution in [0.4, 0.5) is 0 Å². The minimum Gasteiger partial charge on any atom is -0.454 e. The first-order valence-corrected chi connectivity index (χ1v) is 6.62. The zero-order chi connectivity index (χ0) is 14.4. The monoisotopic (exact) mass is 276 g/mol. The quantitative estimate of drug-likeness (QED) is 0.406. The lowest BCUT2D eigenvalue weighted by Crippen LogP contribution is -2.29. The minimum atomic E-state index is -0.890. The van der Waals surface area contributed by atoms with E-state index in [4.69, 9.17) is 9.47 Å². The number of rotatable bonds is 0. The second-order valence-electron chi connectivity index (χ2n) is 5.55. The molecule has 2 bridgehead atoms. The van der Waals surface area contributed by atoms with Gasteiger partial charge in [-0.3, -0.25) is 0 Å². The molecule has 0 radical (unpaired) electrons. The Morgan fingerprint density at radius 3 is 2.70 bits per heavy atom. The van der Waals surface area contributed by atoms with Crippen LogP contribution in [-0.2, 0) is 19.1 Å². The van der Waals surface area contributed by atoms with Crippen LogP contribution in [0.5, 0.6) is 0 Å². The van der Waals surface area contributed by atoms with Crippen LogP contribution in [0.2, 0.25) is 0 Å². The molecule has 3 rings (SSSR count). The molecule has 0 aromatic rings. The van der Waals surface area contributed by atoms with Gasteiger partial charge in [0.1, 0.15) is 12.2 Å². The first-order chi connectivity index (χ1) is 9.45. The van der Waals surface area contributed by atoms with E-state index in [0.29, 0.717) is 12.0 Å². The lowest BCUT2D eigenvalue weighted by molar-refractivity contribution is -0.140. The van der Waals surface area contributed by atoms with Gasteiger partial charge < -0.3 is 14.6 Å². The fourth-order valence-electron chi connectivity index (χ4n) is 3.01. The predicted octanol–water partition coefficient (Wildman–Crippen LogP) is 1.04. The van der Waals surface area contributed by atoms with Crippen molar-refractivity contribution in [1.82, 2.24) is 0 Å². The molecule has 2 heterocycles. The van der Waals surface area contributed by atoms with E-state index < -0.39 is 30.1 Å². The highest BCUT2D eigenvalue weighted by atomic mass is 16.6. The van der Waals surface area contributed by atoms with E-state index in [-0.39, 0.29) is 18.1 Å². The topological polar surface area (TPSA) is 72.8 Å². The average molecular weight is 276 g/mol. The summed E-state index contributed by atoms with van der Waals surface area (Å²) < 4.78 is 10.5. The Hall–Kier alpha value is -1.88. The molecule has 3 aliphatic rings. The summed E-state index contributed by atoms with van der Waals surface area (Å²) in [5, 5.41) is 10.3. The SMILES string of the molecule is C=C1C(=O)OC2/C=C(\C)CC3C=C(CC(O)C12)C(=O)O3. The molecule has 0 saturated carbocycles. The van der Waals surface area contributed by atoms with Gasteiger partial charge in [-0.2, -0.15) is 0 Å². The Bertz CT molecular complexity index is 557. The van der Waals surface area contributed by atoms with E-state index in [1.807, 2.05) is 13.0 Å². The van der Waals surface area contributed by atoms with Crippen molar-refractivity contribution in [2.75, 3.05) is 0 Å². The van der Waals surface area contributed by atoms with Gasteiger partial charge in [0, 0.05) is 24.0 Å². The summed E-state index contributed by atoms with van der Waals surface area (Å²) in [5.41, 5.74) is 1.67. The zero-order valence-corrected chi connectivity index (χ0v) is 11.2. The van der Waals surface area contributed by atoms with Crippen molar-refractivity contribution in [1.29, 1.82) is 0 Å². The van der Waals surface area contributed by atoms with Crippen molar-refractivity contribution in [3.05, 3.63) is 35.5 Å². The molecule has 106 valence electrons. The Morgan fingerprint density at radius 1 is 1.20 bits per heavy atom. The van der Waals surface area contributed by atoms with Gasteiger partial charge in [0.2, 0.25) is 0 Å². The zero-order valence-electron chi connectivity index (χ0n) is 11.2. The molecule has 1 aliphatic carbocycles. The Kier molecular flexibility index (Phi) is 3.01. The molecule has 0 amide bonds. The van der Waals surface area contributed by atoms with Crippen LogP contribution in [-0.4, -0.2) is 35.4 Å². The van der Waals surface area contributed by atoms with Crippen molar-refractivity contribution in [2.24, 2.45) is 5.92 Å². The molecule has 1 saturated heterocycles. The summed E-state index contributed by atoms with van der Waals surface area (Å²) in [7, 11) is 0. The van der Waals surface area contributed by atoms with Crippen LogP contribution in [0.3, 0.4) is 0 Å². The Morgan fingerprint density at radius 2 is 1.95 bits per heavy atom. The number of carbonyl (C=O) groups excluding carboxylic acids is 2. The van der Waals surface area contributed by atoms with Crippen molar-refractivity contribution in [3.63, 3.8) is 0 Å². The van der Waals surface area contributed by atoms with Crippen molar-refractivity contribution in [2.45, 2.75) is 38.1 Å². The highest BCUT2D eigenvalue weighted by Crippen LogP contribution is 2.36. The van der Waals surface area contributed by atoms with Gasteiger partial charge in [-0.25, -0.2) is 9.59 Å². The summed E-state index contributed by atoms with van der Waals surface area (Å²) >= 11 is 0. The van der Waals surface area contributed by atoms with E-state index in [1.54, 1.807) is 6.08 Å². The predicted molar refractivity (Wildman–Crippen MR) is 69.5 cm³/mol. The van der Waals surface area contributed by atoms with Crippen LogP contribution >= 0.6 is 0 Å². The smallest absolute Gasteiger partial charge is 0.334 e. The fraction of sp³-hybridized carbons (Fsp3) is 0.467. The summed E-state index contributed by atoms with van der Waals surface area (Å²) in [6.45, 7) is 5.59. The largest absolute Gasteiger partial charge is 0.454 e. The number of fused-ring (bicyclic) bond motifs is 2. The van der Waals surface area contributed by atoms with Crippen molar-refractivity contribution in [3.8, 4) is 0 Å². The number of aliphatic hydroxyl groups is 1. The molecule has 0 spiro atoms. The highest BCUT2D eigenvalue weighted by molar-refractivity contribution is 5.92. The Balaban J connectivity index is 1.98. The number of carbonyl (C=O) groups is 2. The molecule has 20 heavy (non-hydrogen) atoms. The van der Waals surface area contributed by atoms with Gasteiger partial charge >= 0.3 is 11.9 Å². The molecule has 5 nitrogen and oxygen atoms in total. The van der Waals surface area contributed by atoms with Crippen molar-refractivity contribution < 1.29 is 24.2 Å². The molecule has 2 aliphatic heterocycles. The third-order valence-electron chi connectivity index (χ3n) is 3.98. The van der Waals surface area contributed by atoms with Crippen LogP contribution in [0.25, 0.3) is 0 Å². The molecule has 4 atom stereocenters. The van der Waals surface area contributed by atoms with E-state index in [1.165, 1.54) is 0 Å². The van der Waals surface area contributed by atoms with E-state index in [9.17, 15) is 14.7 Å². The lowest BCUT2D eigenvalue weighted by atomic mass is 9.85. The number of hydrogen-bond acceptors (Lipinski definition) is 5. The average Bonchev–Trinajstić information content (AvgIpc) is 2.80. The maximum Gasteiger partial charge on any atom is 0.334 e. The van der Waals surface area contributed by atoms with Gasteiger partial charge in [0.15, 0.2) is 0 Å². The van der Waals surface area contributed by atoms with Gasteiger partial charge in [-0.15, -0.1) is 0 Å². The van der Waals surface area contributed by atoms with E-state index in [2.05, 4.69) is 6.58 Å². The van der Waals surface area contributed by atoms with Crippen molar-refractivity contribution >= 4 is 11.9 Å². The van der Waals surface area contributed by atoms with Gasteiger partial charge in [0.25, 0.3) is 0 Å². The molecule has 1 fully saturated rings. The van der Waals surface area contributed by atoms with E-state index in [0.717, 1.165) is 5.57 Å². The molecule has 0 aromatic heterocycles. The van der Waals surface area contributed by atoms with Gasteiger partial charge in [-0.05, 0) is 19.1 Å². The first kappa shape index (κ1) is 13.1. The third kappa shape index (κ3) is 2.08. The highest BCUT2D eigenvalue weighted by Gasteiger charge is 2.43. The first-order valence-electron chi connectivity index (χ1n) is 6.62. The summed E-state index contributed by atoms with van der Waals surface area (Å²) in [5.74, 6) is -1.39. The van der Waals surface area contributed by atoms with Crippen LogP contribution in [0.15, 0.2) is 35.5 Å². The lowest BCUT2D eigenvalue weighted by Gasteiger charge is -2.21. The van der Waals surface area contributed by atoms with Gasteiger partial charge in [0.05, 0.1) is 12.0 Å². The third-order valence-corrected chi connectivity index (χ3v) is 3.98. The standard InChI is InChI=1S/C15H16O5/c1-7-3-10-5-9(15(18)19-10)6-11(16)13-8(2)14(17)20-12(13)4-7/h4-5,10-13,16H,2-3,6H2,1H3/b7-4+. The number of aliphatic hydroxyl groups excluding tert-OH is 1. The maximum atomic E-state index is 11.7. The number of hydrogen-bond donors (Lipinski definition) is 1. The Labute approximate surface area is 116 Å². The number of ether oxygens (including phenoxy) is 2. The summed E-state index contributed by atoms with van der Waals surface area (Å²) in [6, 6.07) is 0. The molecule has 5 heteroatoms. The van der Waals surface area contributed by atoms with Gasteiger partial charge in [-0.1, -0.05) is 12.2 Å². The molecule has 0 aromatic carbocycles. The molecule has 4 unspecified atom stereocenters. The number of esters is 2. The van der Waals surface area contributed by atoms with Crippen LogP contribution in [0, 0.1) is 5.92 Å². The summed E-state index contributed by atoms with van der Waals surface area (Å²) in [4.78, 5) is 23.4. The molecular formula is C15H16O5. The van der Waals surface area contributed by atoms with E-state index >= 15 is 0 Å². The normalized spacial score (nSPS) is 39.4. The van der Waals surface area contributed by atoms with Crippen LogP contribution in [0.1, 0.15) is 19.8 Å². The second-order valence-corrected chi connectivity index (χ2v) is 5.55. The molecular weight excluding hydrogens is 260 g/mol. The minimum absolute atomic E-state index is 0.152.